The first-order chi connectivity index (χ1) is 13.6. The molecule has 0 aliphatic rings. The Hall–Kier alpha value is -2.31. The van der Waals surface area contributed by atoms with Gasteiger partial charge in [0.1, 0.15) is 11.5 Å². The van der Waals surface area contributed by atoms with Crippen molar-refractivity contribution < 1.29 is 19.4 Å². The van der Waals surface area contributed by atoms with Gasteiger partial charge in [-0.05, 0) is 35.9 Å². The van der Waals surface area contributed by atoms with E-state index in [1.165, 1.54) is 0 Å². The molecule has 0 unspecified atom stereocenters. The predicted octanol–water partition coefficient (Wildman–Crippen LogP) is 4.22. The van der Waals surface area contributed by atoms with Crippen LogP contribution in [0.1, 0.15) is 16.9 Å². The summed E-state index contributed by atoms with van der Waals surface area (Å²) >= 11 is 5.88. The van der Waals surface area contributed by atoms with E-state index in [1.807, 2.05) is 53.4 Å². The SMILES string of the molecule is Oc1ccccc1CN(Cc1ccco1)C[C@@H](O)COCc1ccc(Cl)cc1. The summed E-state index contributed by atoms with van der Waals surface area (Å²) in [5, 5.41) is 21.2. The van der Waals surface area contributed by atoms with E-state index in [2.05, 4.69) is 0 Å². The summed E-state index contributed by atoms with van der Waals surface area (Å²) in [7, 11) is 0. The van der Waals surface area contributed by atoms with Crippen LogP contribution in [0.5, 0.6) is 5.75 Å². The molecule has 148 valence electrons. The van der Waals surface area contributed by atoms with Crippen molar-refractivity contribution in [2.45, 2.75) is 25.8 Å². The average Bonchev–Trinajstić information content (AvgIpc) is 3.18. The van der Waals surface area contributed by atoms with E-state index in [0.29, 0.717) is 31.3 Å². The molecular formula is C22H24ClNO4. The first-order valence-corrected chi connectivity index (χ1v) is 9.50. The first kappa shape index (κ1) is 20.4. The number of hydrogen-bond acceptors (Lipinski definition) is 5. The lowest BCUT2D eigenvalue weighted by Gasteiger charge is -2.24. The van der Waals surface area contributed by atoms with E-state index in [-0.39, 0.29) is 12.4 Å². The second-order valence-corrected chi connectivity index (χ2v) is 7.11. The zero-order valence-electron chi connectivity index (χ0n) is 15.5. The highest BCUT2D eigenvalue weighted by molar-refractivity contribution is 6.30. The molecule has 0 spiro atoms. The van der Waals surface area contributed by atoms with Crippen LogP contribution in [-0.4, -0.2) is 34.4 Å². The number of ether oxygens (including phenoxy) is 1. The smallest absolute Gasteiger partial charge is 0.120 e. The van der Waals surface area contributed by atoms with Crippen LogP contribution in [0.25, 0.3) is 0 Å². The molecule has 0 fully saturated rings. The van der Waals surface area contributed by atoms with Crippen LogP contribution in [0.15, 0.2) is 71.3 Å². The number of halogens is 1. The summed E-state index contributed by atoms with van der Waals surface area (Å²) in [6.45, 7) is 2.01. The van der Waals surface area contributed by atoms with Crippen LogP contribution in [0.4, 0.5) is 0 Å². The zero-order chi connectivity index (χ0) is 19.8. The predicted molar refractivity (Wildman–Crippen MR) is 108 cm³/mol. The van der Waals surface area contributed by atoms with Crippen LogP contribution in [0.3, 0.4) is 0 Å². The number of aromatic hydroxyl groups is 1. The third-order valence-corrected chi connectivity index (χ3v) is 4.56. The maximum Gasteiger partial charge on any atom is 0.120 e. The molecule has 2 N–H and O–H groups in total. The van der Waals surface area contributed by atoms with Gasteiger partial charge in [-0.2, -0.15) is 0 Å². The van der Waals surface area contributed by atoms with Gasteiger partial charge >= 0.3 is 0 Å². The van der Waals surface area contributed by atoms with Gasteiger partial charge in [0.05, 0.1) is 32.1 Å². The Morgan fingerprint density at radius 1 is 1.00 bits per heavy atom. The molecule has 0 bridgehead atoms. The van der Waals surface area contributed by atoms with Crippen molar-refractivity contribution in [2.75, 3.05) is 13.2 Å². The standard InChI is InChI=1S/C22H24ClNO4/c23-19-9-7-17(8-10-19)15-27-16-20(25)13-24(14-21-5-3-11-28-21)12-18-4-1-2-6-22(18)26/h1-11,20,25-26H,12-16H2/t20-/m1/s1. The van der Waals surface area contributed by atoms with Gasteiger partial charge in [0.2, 0.25) is 0 Å². The van der Waals surface area contributed by atoms with Crippen molar-refractivity contribution in [1.29, 1.82) is 0 Å². The lowest BCUT2D eigenvalue weighted by Crippen LogP contribution is -2.34. The van der Waals surface area contributed by atoms with Crippen molar-refractivity contribution in [3.8, 4) is 5.75 Å². The highest BCUT2D eigenvalue weighted by Gasteiger charge is 2.16. The van der Waals surface area contributed by atoms with Gasteiger partial charge in [-0.25, -0.2) is 0 Å². The molecule has 0 saturated heterocycles. The molecule has 2 aromatic carbocycles. The van der Waals surface area contributed by atoms with Crippen LogP contribution in [0, 0.1) is 0 Å². The van der Waals surface area contributed by atoms with Gasteiger partial charge in [0.15, 0.2) is 0 Å². The number of rotatable bonds is 10. The van der Waals surface area contributed by atoms with E-state index in [9.17, 15) is 10.2 Å². The van der Waals surface area contributed by atoms with Crippen LogP contribution in [-0.2, 0) is 24.4 Å². The molecule has 3 rings (SSSR count). The summed E-state index contributed by atoms with van der Waals surface area (Å²) < 4.78 is 11.1. The lowest BCUT2D eigenvalue weighted by molar-refractivity contribution is 0.00603. The summed E-state index contributed by atoms with van der Waals surface area (Å²) in [5.74, 6) is 1.03. The van der Waals surface area contributed by atoms with E-state index in [4.69, 9.17) is 20.8 Å². The second kappa shape index (κ2) is 10.3. The molecule has 5 nitrogen and oxygen atoms in total. The Labute approximate surface area is 169 Å². The van der Waals surface area contributed by atoms with Gasteiger partial charge in [-0.1, -0.05) is 41.9 Å². The number of furan rings is 1. The number of phenolic OH excluding ortho intramolecular Hbond substituents is 1. The maximum absolute atomic E-state index is 10.4. The van der Waals surface area contributed by atoms with Crippen LogP contribution >= 0.6 is 11.6 Å². The van der Waals surface area contributed by atoms with Gasteiger partial charge < -0.3 is 19.4 Å². The quantitative estimate of drug-likeness (QED) is 0.532. The fraction of sp³-hybridized carbons (Fsp3) is 0.273. The lowest BCUT2D eigenvalue weighted by atomic mass is 10.1. The van der Waals surface area contributed by atoms with Crippen LogP contribution < -0.4 is 0 Å². The summed E-state index contributed by atoms with van der Waals surface area (Å²) in [6, 6.07) is 18.3. The molecule has 1 aromatic heterocycles. The number of aliphatic hydroxyl groups excluding tert-OH is 1. The molecule has 0 saturated carbocycles. The van der Waals surface area contributed by atoms with Gasteiger partial charge in [0.25, 0.3) is 0 Å². The molecule has 28 heavy (non-hydrogen) atoms. The fourth-order valence-electron chi connectivity index (χ4n) is 2.94. The number of aliphatic hydroxyl groups is 1. The zero-order valence-corrected chi connectivity index (χ0v) is 16.3. The normalized spacial score (nSPS) is 12.4. The number of nitrogens with zero attached hydrogens (tertiary/aromatic N) is 1. The van der Waals surface area contributed by atoms with Crippen molar-refractivity contribution in [1.82, 2.24) is 4.90 Å². The minimum atomic E-state index is -0.673. The Kier molecular flexibility index (Phi) is 7.51. The third kappa shape index (κ3) is 6.39. The fourth-order valence-corrected chi connectivity index (χ4v) is 3.06. The van der Waals surface area contributed by atoms with Gasteiger partial charge in [0, 0.05) is 23.7 Å². The Balaban J connectivity index is 1.55. The van der Waals surface area contributed by atoms with Crippen LogP contribution in [0.2, 0.25) is 5.02 Å². The number of phenols is 1. The maximum atomic E-state index is 10.4. The van der Waals surface area contributed by atoms with E-state index < -0.39 is 6.10 Å². The minimum absolute atomic E-state index is 0.206. The Morgan fingerprint density at radius 2 is 1.79 bits per heavy atom. The molecule has 6 heteroatoms. The first-order valence-electron chi connectivity index (χ1n) is 9.12. The van der Waals surface area contributed by atoms with Crippen molar-refractivity contribution in [3.05, 3.63) is 88.8 Å². The van der Waals surface area contributed by atoms with Gasteiger partial charge in [-0.3, -0.25) is 4.90 Å². The summed E-state index contributed by atoms with van der Waals surface area (Å²) in [4.78, 5) is 2.02. The van der Waals surface area contributed by atoms with E-state index in [0.717, 1.165) is 16.9 Å². The highest BCUT2D eigenvalue weighted by atomic mass is 35.5. The van der Waals surface area contributed by atoms with Crippen molar-refractivity contribution in [3.63, 3.8) is 0 Å². The number of benzene rings is 2. The molecule has 0 radical (unpaired) electrons. The molecular weight excluding hydrogens is 378 g/mol. The molecule has 1 atom stereocenters. The van der Waals surface area contributed by atoms with E-state index in [1.54, 1.807) is 18.4 Å². The van der Waals surface area contributed by atoms with E-state index >= 15 is 0 Å². The monoisotopic (exact) mass is 401 g/mol. The molecule has 0 aliphatic carbocycles. The number of para-hydroxylation sites is 1. The third-order valence-electron chi connectivity index (χ3n) is 4.31. The molecule has 3 aromatic rings. The minimum Gasteiger partial charge on any atom is -0.508 e. The van der Waals surface area contributed by atoms with Crippen molar-refractivity contribution in [2.24, 2.45) is 0 Å². The average molecular weight is 402 g/mol. The largest absolute Gasteiger partial charge is 0.508 e. The second-order valence-electron chi connectivity index (χ2n) is 6.67. The Bertz CT molecular complexity index is 836. The van der Waals surface area contributed by atoms with Crippen molar-refractivity contribution >= 4 is 11.6 Å². The van der Waals surface area contributed by atoms with Gasteiger partial charge in [-0.15, -0.1) is 0 Å². The highest BCUT2D eigenvalue weighted by Crippen LogP contribution is 2.19. The Morgan fingerprint density at radius 3 is 2.50 bits per heavy atom. The summed E-state index contributed by atoms with van der Waals surface area (Å²) in [5.41, 5.74) is 1.79. The molecule has 0 amide bonds. The topological polar surface area (TPSA) is 66.1 Å². The molecule has 0 aliphatic heterocycles. The molecule has 1 heterocycles. The summed E-state index contributed by atoms with van der Waals surface area (Å²) in [6.07, 6.45) is 0.951. The number of hydrogen-bond donors (Lipinski definition) is 2.